The zero-order valence-electron chi connectivity index (χ0n) is 11.0. The van der Waals surface area contributed by atoms with Crippen LogP contribution in [0.5, 0.6) is 11.5 Å². The molecule has 0 spiro atoms. The lowest BCUT2D eigenvalue weighted by atomic mass is 10.2. The lowest BCUT2D eigenvalue weighted by Crippen LogP contribution is -2.04. The predicted octanol–water partition coefficient (Wildman–Crippen LogP) is 2.29. The predicted molar refractivity (Wildman–Crippen MR) is 75.5 cm³/mol. The lowest BCUT2D eigenvalue weighted by Gasteiger charge is -2.11. The van der Waals surface area contributed by atoms with Crippen LogP contribution in [0.25, 0.3) is 0 Å². The first kappa shape index (κ1) is 13.0. The molecular formula is C14H17N3O2. The number of nitrogens with zero attached hydrogens (tertiary/aromatic N) is 1. The normalized spacial score (nSPS) is 10.0. The Labute approximate surface area is 112 Å². The summed E-state index contributed by atoms with van der Waals surface area (Å²) >= 11 is 0. The molecule has 0 saturated heterocycles. The number of hydrogen-bond acceptors (Lipinski definition) is 5. The molecule has 0 atom stereocenters. The summed E-state index contributed by atoms with van der Waals surface area (Å²) in [6, 6.07) is 9.37. The van der Waals surface area contributed by atoms with Crippen molar-refractivity contribution in [3.05, 3.63) is 42.1 Å². The van der Waals surface area contributed by atoms with E-state index in [-0.39, 0.29) is 0 Å². The molecule has 2 rings (SSSR count). The largest absolute Gasteiger partial charge is 0.493 e. The average molecular weight is 259 g/mol. The molecule has 19 heavy (non-hydrogen) atoms. The van der Waals surface area contributed by atoms with Gasteiger partial charge in [-0.2, -0.15) is 0 Å². The number of nitrogens with one attached hydrogen (secondary N) is 1. The Morgan fingerprint density at radius 3 is 2.63 bits per heavy atom. The maximum Gasteiger partial charge on any atom is 0.161 e. The summed E-state index contributed by atoms with van der Waals surface area (Å²) in [5.74, 6) is 2.09. The van der Waals surface area contributed by atoms with E-state index in [0.717, 1.165) is 5.56 Å². The summed E-state index contributed by atoms with van der Waals surface area (Å²) in [7, 11) is 3.23. The van der Waals surface area contributed by atoms with Crippen molar-refractivity contribution < 1.29 is 9.47 Å². The highest BCUT2D eigenvalue weighted by Gasteiger charge is 2.05. The van der Waals surface area contributed by atoms with Gasteiger partial charge in [0.2, 0.25) is 0 Å². The van der Waals surface area contributed by atoms with E-state index in [1.807, 2.05) is 24.3 Å². The molecule has 5 nitrogen and oxygen atoms in total. The Kier molecular flexibility index (Phi) is 4.07. The summed E-state index contributed by atoms with van der Waals surface area (Å²) in [6.45, 7) is 0.613. The molecule has 2 aromatic rings. The van der Waals surface area contributed by atoms with Crippen molar-refractivity contribution in [2.75, 3.05) is 25.3 Å². The number of rotatable bonds is 5. The molecule has 0 saturated carbocycles. The summed E-state index contributed by atoms with van der Waals surface area (Å²) in [5, 5.41) is 3.19. The minimum atomic E-state index is 0.613. The number of methoxy groups -OCH3 is 2. The monoisotopic (exact) mass is 259 g/mol. The second-order valence-corrected chi connectivity index (χ2v) is 3.98. The van der Waals surface area contributed by atoms with Gasteiger partial charge in [-0.3, -0.25) is 0 Å². The van der Waals surface area contributed by atoms with Crippen molar-refractivity contribution in [3.63, 3.8) is 0 Å². The number of nitrogen functional groups attached to an aromatic ring is 1. The first-order chi connectivity index (χ1) is 9.24. The third kappa shape index (κ3) is 3.07. The van der Waals surface area contributed by atoms with E-state index in [0.29, 0.717) is 29.5 Å². The van der Waals surface area contributed by atoms with Crippen LogP contribution in [0.3, 0.4) is 0 Å². The van der Waals surface area contributed by atoms with Crippen LogP contribution in [0.1, 0.15) is 5.56 Å². The molecule has 0 unspecified atom stereocenters. The molecular weight excluding hydrogens is 242 g/mol. The maximum atomic E-state index is 5.82. The minimum absolute atomic E-state index is 0.613. The quantitative estimate of drug-likeness (QED) is 0.862. The van der Waals surface area contributed by atoms with Gasteiger partial charge in [0.15, 0.2) is 11.5 Å². The first-order valence-electron chi connectivity index (χ1n) is 5.90. The van der Waals surface area contributed by atoms with Crippen LogP contribution in [-0.4, -0.2) is 19.2 Å². The molecule has 0 bridgehead atoms. The molecule has 100 valence electrons. The highest BCUT2D eigenvalue weighted by molar-refractivity contribution is 5.60. The number of ether oxygens (including phenoxy) is 2. The van der Waals surface area contributed by atoms with Crippen molar-refractivity contribution in [1.29, 1.82) is 0 Å². The topological polar surface area (TPSA) is 69.4 Å². The molecule has 1 aromatic carbocycles. The van der Waals surface area contributed by atoms with Crippen LogP contribution in [0, 0.1) is 0 Å². The SMILES string of the molecule is COc1ccc(CNc2ncccc2N)cc1OC. The van der Waals surface area contributed by atoms with Crippen molar-refractivity contribution in [3.8, 4) is 11.5 Å². The Bertz CT molecular complexity index is 558. The molecule has 0 fully saturated rings. The molecule has 1 heterocycles. The molecule has 0 amide bonds. The standard InChI is InChI=1S/C14H17N3O2/c1-18-12-6-5-10(8-13(12)19-2)9-17-14-11(15)4-3-7-16-14/h3-8H,9,15H2,1-2H3,(H,16,17). The smallest absolute Gasteiger partial charge is 0.161 e. The van der Waals surface area contributed by atoms with Crippen molar-refractivity contribution >= 4 is 11.5 Å². The molecule has 0 aliphatic carbocycles. The lowest BCUT2D eigenvalue weighted by molar-refractivity contribution is 0.354. The van der Waals surface area contributed by atoms with Gasteiger partial charge in [0.25, 0.3) is 0 Å². The van der Waals surface area contributed by atoms with Gasteiger partial charge in [0, 0.05) is 12.7 Å². The Hall–Kier alpha value is -2.43. The summed E-state index contributed by atoms with van der Waals surface area (Å²) in [4.78, 5) is 4.18. The van der Waals surface area contributed by atoms with Crippen LogP contribution in [0.15, 0.2) is 36.5 Å². The summed E-state index contributed by atoms with van der Waals surface area (Å²) in [5.41, 5.74) is 7.50. The van der Waals surface area contributed by atoms with E-state index in [4.69, 9.17) is 15.2 Å². The van der Waals surface area contributed by atoms with Crippen LogP contribution in [0.4, 0.5) is 11.5 Å². The highest BCUT2D eigenvalue weighted by Crippen LogP contribution is 2.27. The maximum absolute atomic E-state index is 5.82. The van der Waals surface area contributed by atoms with E-state index in [1.54, 1.807) is 26.5 Å². The van der Waals surface area contributed by atoms with Gasteiger partial charge in [0.1, 0.15) is 5.82 Å². The first-order valence-corrected chi connectivity index (χ1v) is 5.90. The van der Waals surface area contributed by atoms with Crippen LogP contribution in [-0.2, 0) is 6.54 Å². The Morgan fingerprint density at radius 2 is 1.95 bits per heavy atom. The van der Waals surface area contributed by atoms with Gasteiger partial charge in [-0.1, -0.05) is 6.07 Å². The van der Waals surface area contributed by atoms with Crippen molar-refractivity contribution in [2.24, 2.45) is 0 Å². The number of pyridine rings is 1. The second-order valence-electron chi connectivity index (χ2n) is 3.98. The number of aromatic nitrogens is 1. The van der Waals surface area contributed by atoms with E-state index >= 15 is 0 Å². The van der Waals surface area contributed by atoms with Gasteiger partial charge in [-0.25, -0.2) is 4.98 Å². The fourth-order valence-electron chi connectivity index (χ4n) is 1.74. The molecule has 0 radical (unpaired) electrons. The van der Waals surface area contributed by atoms with E-state index in [9.17, 15) is 0 Å². The van der Waals surface area contributed by atoms with Crippen molar-refractivity contribution in [2.45, 2.75) is 6.54 Å². The summed E-state index contributed by atoms with van der Waals surface area (Å²) < 4.78 is 10.5. The van der Waals surface area contributed by atoms with Gasteiger partial charge in [-0.05, 0) is 29.8 Å². The third-order valence-electron chi connectivity index (χ3n) is 2.75. The van der Waals surface area contributed by atoms with Crippen molar-refractivity contribution in [1.82, 2.24) is 4.98 Å². The Morgan fingerprint density at radius 1 is 1.16 bits per heavy atom. The molecule has 0 aliphatic rings. The Balaban J connectivity index is 2.10. The number of hydrogen-bond donors (Lipinski definition) is 2. The van der Waals surface area contributed by atoms with E-state index in [2.05, 4.69) is 10.3 Å². The highest BCUT2D eigenvalue weighted by atomic mass is 16.5. The van der Waals surface area contributed by atoms with Gasteiger partial charge < -0.3 is 20.5 Å². The number of benzene rings is 1. The van der Waals surface area contributed by atoms with Gasteiger partial charge >= 0.3 is 0 Å². The second kappa shape index (κ2) is 5.95. The minimum Gasteiger partial charge on any atom is -0.493 e. The molecule has 0 aliphatic heterocycles. The van der Waals surface area contributed by atoms with E-state index < -0.39 is 0 Å². The van der Waals surface area contributed by atoms with Crippen LogP contribution >= 0.6 is 0 Å². The third-order valence-corrected chi connectivity index (χ3v) is 2.75. The zero-order chi connectivity index (χ0) is 13.7. The van der Waals surface area contributed by atoms with E-state index in [1.165, 1.54) is 0 Å². The fraction of sp³-hybridized carbons (Fsp3) is 0.214. The summed E-state index contributed by atoms with van der Waals surface area (Å²) in [6.07, 6.45) is 1.70. The molecule has 5 heteroatoms. The number of nitrogens with two attached hydrogens (primary N) is 1. The zero-order valence-corrected chi connectivity index (χ0v) is 11.0. The molecule has 1 aromatic heterocycles. The van der Waals surface area contributed by atoms with Crippen LogP contribution < -0.4 is 20.5 Å². The van der Waals surface area contributed by atoms with Gasteiger partial charge in [-0.15, -0.1) is 0 Å². The average Bonchev–Trinajstić information content (AvgIpc) is 2.46. The fourth-order valence-corrected chi connectivity index (χ4v) is 1.74. The van der Waals surface area contributed by atoms with Gasteiger partial charge in [0.05, 0.1) is 19.9 Å². The molecule has 3 N–H and O–H groups in total. The van der Waals surface area contributed by atoms with Crippen LogP contribution in [0.2, 0.25) is 0 Å². The number of anilines is 2.